The summed E-state index contributed by atoms with van der Waals surface area (Å²) in [6.07, 6.45) is 3.45. The van der Waals surface area contributed by atoms with Crippen molar-refractivity contribution in [2.24, 2.45) is 0 Å². The highest BCUT2D eigenvalue weighted by atomic mass is 35.5. The Kier molecular flexibility index (Phi) is 6.71. The molecule has 0 bridgehead atoms. The molecule has 1 aliphatic heterocycles. The summed E-state index contributed by atoms with van der Waals surface area (Å²) in [5.74, 6) is -0.180. The Morgan fingerprint density at radius 3 is 2.90 bits per heavy atom. The minimum absolute atomic E-state index is 0. The van der Waals surface area contributed by atoms with Crippen LogP contribution in [0.5, 0.6) is 0 Å². The Balaban J connectivity index is 0.00000220. The summed E-state index contributed by atoms with van der Waals surface area (Å²) < 4.78 is 5.01. The van der Waals surface area contributed by atoms with Crippen LogP contribution in [0.4, 0.5) is 0 Å². The van der Waals surface area contributed by atoms with Crippen molar-refractivity contribution in [3.05, 3.63) is 24.2 Å². The topological polar surface area (TPSA) is 74.6 Å². The molecule has 2 amide bonds. The Labute approximate surface area is 130 Å². The average Bonchev–Trinajstić information content (AvgIpc) is 3.09. The van der Waals surface area contributed by atoms with Crippen LogP contribution < -0.4 is 10.6 Å². The quantitative estimate of drug-likeness (QED) is 0.851. The summed E-state index contributed by atoms with van der Waals surface area (Å²) in [6, 6.07) is 2.89. The first kappa shape index (κ1) is 17.5. The maximum Gasteiger partial charge on any atom is 0.287 e. The van der Waals surface area contributed by atoms with E-state index in [1.807, 2.05) is 11.9 Å². The first-order valence-electron chi connectivity index (χ1n) is 6.93. The van der Waals surface area contributed by atoms with Gasteiger partial charge in [-0.15, -0.1) is 12.4 Å². The fourth-order valence-corrected chi connectivity index (χ4v) is 2.56. The van der Waals surface area contributed by atoms with E-state index >= 15 is 0 Å². The third-order valence-electron chi connectivity index (χ3n) is 3.56. The molecule has 21 heavy (non-hydrogen) atoms. The van der Waals surface area contributed by atoms with Crippen LogP contribution >= 0.6 is 12.4 Å². The SMILES string of the molecule is CNCC1CCCN1C(=O)C(C)NC(=O)c1ccco1.Cl. The number of likely N-dealkylation sites (N-methyl/N-ethyl adjacent to an activating group) is 1. The van der Waals surface area contributed by atoms with Gasteiger partial charge in [0, 0.05) is 19.1 Å². The molecular weight excluding hydrogens is 294 g/mol. The van der Waals surface area contributed by atoms with Gasteiger partial charge >= 0.3 is 0 Å². The molecule has 6 nitrogen and oxygen atoms in total. The van der Waals surface area contributed by atoms with Crippen molar-refractivity contribution in [1.29, 1.82) is 0 Å². The van der Waals surface area contributed by atoms with E-state index in [9.17, 15) is 9.59 Å². The summed E-state index contributed by atoms with van der Waals surface area (Å²) in [7, 11) is 1.88. The molecular formula is C14H22ClN3O3. The van der Waals surface area contributed by atoms with Gasteiger partial charge in [0.25, 0.3) is 5.91 Å². The molecule has 118 valence electrons. The molecule has 2 rings (SSSR count). The van der Waals surface area contributed by atoms with Crippen LogP contribution in [0, 0.1) is 0 Å². The van der Waals surface area contributed by atoms with Gasteiger partial charge < -0.3 is 20.0 Å². The van der Waals surface area contributed by atoms with Crippen molar-refractivity contribution >= 4 is 24.2 Å². The van der Waals surface area contributed by atoms with Crippen molar-refractivity contribution in [3.63, 3.8) is 0 Å². The van der Waals surface area contributed by atoms with E-state index in [1.165, 1.54) is 6.26 Å². The van der Waals surface area contributed by atoms with Gasteiger partial charge in [-0.3, -0.25) is 9.59 Å². The number of hydrogen-bond acceptors (Lipinski definition) is 4. The van der Waals surface area contributed by atoms with Crippen molar-refractivity contribution in [2.75, 3.05) is 20.1 Å². The fourth-order valence-electron chi connectivity index (χ4n) is 2.56. The summed E-state index contributed by atoms with van der Waals surface area (Å²) in [5, 5.41) is 5.78. The van der Waals surface area contributed by atoms with Crippen LogP contribution in [0.2, 0.25) is 0 Å². The fraction of sp³-hybridized carbons (Fsp3) is 0.571. The monoisotopic (exact) mass is 315 g/mol. The molecule has 0 spiro atoms. The third kappa shape index (κ3) is 4.22. The van der Waals surface area contributed by atoms with Gasteiger partial charge in [0.15, 0.2) is 5.76 Å². The van der Waals surface area contributed by atoms with E-state index < -0.39 is 6.04 Å². The molecule has 1 aromatic heterocycles. The highest BCUT2D eigenvalue weighted by Gasteiger charge is 2.31. The summed E-state index contributed by atoms with van der Waals surface area (Å²) in [4.78, 5) is 26.1. The van der Waals surface area contributed by atoms with Crippen LogP contribution in [-0.4, -0.2) is 48.9 Å². The van der Waals surface area contributed by atoms with Crippen molar-refractivity contribution in [1.82, 2.24) is 15.5 Å². The Hall–Kier alpha value is -1.53. The van der Waals surface area contributed by atoms with Crippen molar-refractivity contribution in [2.45, 2.75) is 31.8 Å². The van der Waals surface area contributed by atoms with Crippen molar-refractivity contribution in [3.8, 4) is 0 Å². The molecule has 2 N–H and O–H groups in total. The third-order valence-corrected chi connectivity index (χ3v) is 3.56. The van der Waals surface area contributed by atoms with Gasteiger partial charge in [-0.05, 0) is 38.9 Å². The minimum atomic E-state index is -0.551. The maximum absolute atomic E-state index is 12.4. The Morgan fingerprint density at radius 2 is 2.29 bits per heavy atom. The van der Waals surface area contributed by atoms with Crippen LogP contribution in [-0.2, 0) is 4.79 Å². The zero-order chi connectivity index (χ0) is 14.5. The molecule has 1 fully saturated rings. The van der Waals surface area contributed by atoms with Gasteiger partial charge in [0.05, 0.1) is 6.26 Å². The van der Waals surface area contributed by atoms with Crippen LogP contribution in [0.15, 0.2) is 22.8 Å². The molecule has 1 aromatic rings. The van der Waals surface area contributed by atoms with E-state index in [1.54, 1.807) is 19.1 Å². The number of carbonyl (C=O) groups is 2. The van der Waals surface area contributed by atoms with E-state index in [0.717, 1.165) is 25.9 Å². The maximum atomic E-state index is 12.4. The Bertz CT molecular complexity index is 464. The van der Waals surface area contributed by atoms with E-state index in [4.69, 9.17) is 4.42 Å². The number of nitrogens with zero attached hydrogens (tertiary/aromatic N) is 1. The highest BCUT2D eigenvalue weighted by molar-refractivity contribution is 5.95. The molecule has 1 aliphatic rings. The zero-order valence-electron chi connectivity index (χ0n) is 12.3. The normalized spacial score (nSPS) is 19.0. The first-order valence-corrected chi connectivity index (χ1v) is 6.93. The number of likely N-dealkylation sites (tertiary alicyclic amines) is 1. The number of hydrogen-bond donors (Lipinski definition) is 2. The van der Waals surface area contributed by atoms with Gasteiger partial charge in [0.2, 0.25) is 5.91 Å². The minimum Gasteiger partial charge on any atom is -0.459 e. The van der Waals surface area contributed by atoms with E-state index in [0.29, 0.717) is 0 Å². The van der Waals surface area contributed by atoms with Crippen LogP contribution in [0.3, 0.4) is 0 Å². The second kappa shape index (κ2) is 8.05. The number of nitrogens with one attached hydrogen (secondary N) is 2. The Morgan fingerprint density at radius 1 is 1.52 bits per heavy atom. The van der Waals surface area contributed by atoms with E-state index in [-0.39, 0.29) is 36.0 Å². The molecule has 1 saturated heterocycles. The van der Waals surface area contributed by atoms with E-state index in [2.05, 4.69) is 10.6 Å². The first-order chi connectivity index (χ1) is 9.63. The lowest BCUT2D eigenvalue weighted by Crippen LogP contribution is -2.50. The standard InChI is InChI=1S/C14H21N3O3.ClH/c1-10(16-13(18)12-6-4-8-20-12)14(19)17-7-3-5-11(17)9-15-2;/h4,6,8,10-11,15H,3,5,7,9H2,1-2H3,(H,16,18);1H. The predicted octanol–water partition coefficient (Wildman–Crippen LogP) is 1.03. The average molecular weight is 316 g/mol. The second-order valence-electron chi connectivity index (χ2n) is 5.06. The number of carbonyl (C=O) groups excluding carboxylic acids is 2. The van der Waals surface area contributed by atoms with Crippen LogP contribution in [0.1, 0.15) is 30.3 Å². The molecule has 2 atom stereocenters. The molecule has 0 aliphatic carbocycles. The smallest absolute Gasteiger partial charge is 0.287 e. The molecule has 0 saturated carbocycles. The predicted molar refractivity (Wildman–Crippen MR) is 81.5 cm³/mol. The largest absolute Gasteiger partial charge is 0.459 e. The van der Waals surface area contributed by atoms with Gasteiger partial charge in [0.1, 0.15) is 6.04 Å². The van der Waals surface area contributed by atoms with Gasteiger partial charge in [-0.2, -0.15) is 0 Å². The number of rotatable bonds is 5. The number of halogens is 1. The molecule has 7 heteroatoms. The summed E-state index contributed by atoms with van der Waals surface area (Å²) in [5.41, 5.74) is 0. The molecule has 2 heterocycles. The number of amides is 2. The molecule has 2 unspecified atom stereocenters. The second-order valence-corrected chi connectivity index (χ2v) is 5.06. The summed E-state index contributed by atoms with van der Waals surface area (Å²) >= 11 is 0. The highest BCUT2D eigenvalue weighted by Crippen LogP contribution is 2.17. The number of furan rings is 1. The molecule has 0 radical (unpaired) electrons. The van der Waals surface area contributed by atoms with Gasteiger partial charge in [-0.1, -0.05) is 0 Å². The summed E-state index contributed by atoms with van der Waals surface area (Å²) in [6.45, 7) is 3.24. The lowest BCUT2D eigenvalue weighted by Gasteiger charge is -2.27. The van der Waals surface area contributed by atoms with Crippen molar-refractivity contribution < 1.29 is 14.0 Å². The molecule has 0 aromatic carbocycles. The lowest BCUT2D eigenvalue weighted by molar-refractivity contribution is -0.133. The van der Waals surface area contributed by atoms with Crippen LogP contribution in [0.25, 0.3) is 0 Å². The van der Waals surface area contributed by atoms with Gasteiger partial charge in [-0.25, -0.2) is 0 Å². The lowest BCUT2D eigenvalue weighted by atomic mass is 10.2. The zero-order valence-corrected chi connectivity index (χ0v) is 13.1.